The number of nitrogens with zero attached hydrogens (tertiary/aromatic N) is 4. The van der Waals surface area contributed by atoms with E-state index in [-0.39, 0.29) is 48.6 Å². The van der Waals surface area contributed by atoms with E-state index in [4.69, 9.17) is 26.2 Å². The number of aromatic nitrogens is 3. The Bertz CT molecular complexity index is 654. The molecular formula is C12H17ClN5NaO4S. The zero-order valence-corrected chi connectivity index (χ0v) is 17.2. The number of anilines is 1. The predicted molar refractivity (Wildman–Crippen MR) is 80.7 cm³/mol. The molecule has 12 heteroatoms. The fourth-order valence-electron chi connectivity index (χ4n) is 1.77. The van der Waals surface area contributed by atoms with E-state index in [9.17, 15) is 0 Å². The minimum absolute atomic E-state index is 0. The van der Waals surface area contributed by atoms with Crippen LogP contribution in [0.1, 0.15) is 22.0 Å². The van der Waals surface area contributed by atoms with Crippen LogP contribution in [0.3, 0.4) is 0 Å². The van der Waals surface area contributed by atoms with Crippen molar-refractivity contribution in [3.8, 4) is 0 Å². The summed E-state index contributed by atoms with van der Waals surface area (Å²) in [7, 11) is 0. The molecule has 0 aliphatic carbocycles. The molecule has 2 heterocycles. The minimum Gasteiger partial charge on any atom is -1.00 e. The first-order chi connectivity index (χ1) is 10.3. The SMILES string of the molecule is Cc1ncc(C[n+]2csc(CCO)c2C)c(N)n1.O=[N+]([O-])[O-].[Cl-].[Na+]. The van der Waals surface area contributed by atoms with E-state index in [1.54, 1.807) is 17.5 Å². The molecule has 0 saturated carbocycles. The molecule has 0 aliphatic rings. The summed E-state index contributed by atoms with van der Waals surface area (Å²) in [5, 5.41) is 23.7. The Morgan fingerprint density at radius 1 is 1.42 bits per heavy atom. The maximum atomic E-state index is 8.98. The van der Waals surface area contributed by atoms with Crippen molar-refractivity contribution in [1.82, 2.24) is 9.97 Å². The Kier molecular flexibility index (Phi) is 13.0. The van der Waals surface area contributed by atoms with Crippen molar-refractivity contribution < 1.29 is 56.7 Å². The van der Waals surface area contributed by atoms with Crippen molar-refractivity contribution >= 4 is 17.2 Å². The van der Waals surface area contributed by atoms with Crippen LogP contribution >= 0.6 is 11.3 Å². The summed E-state index contributed by atoms with van der Waals surface area (Å²) >= 11 is 1.65. The van der Waals surface area contributed by atoms with Gasteiger partial charge in [0.05, 0.1) is 15.5 Å². The molecule has 2 aromatic heterocycles. The second-order valence-corrected chi connectivity index (χ2v) is 5.32. The number of aliphatic hydroxyl groups excluding tert-OH is 1. The summed E-state index contributed by atoms with van der Waals surface area (Å²) in [6, 6.07) is 0. The van der Waals surface area contributed by atoms with Crippen molar-refractivity contribution in [2.45, 2.75) is 26.8 Å². The number of halogens is 1. The maximum absolute atomic E-state index is 8.98. The van der Waals surface area contributed by atoms with E-state index < -0.39 is 5.09 Å². The standard InChI is InChI=1S/C12H17N4OS.ClH.NO3.Na/c1-8-11(3-4-17)18-7-16(8)6-10-5-14-9(2)15-12(10)13;;2-1(3)4;/h5,7,17H,3-4,6H2,1-2H3,(H2,13,14,15);1H;;/q+1;;-1;+1/p-1. The van der Waals surface area contributed by atoms with Gasteiger partial charge in [-0.3, -0.25) is 0 Å². The van der Waals surface area contributed by atoms with Gasteiger partial charge < -0.3 is 38.6 Å². The van der Waals surface area contributed by atoms with Crippen LogP contribution in [0.5, 0.6) is 0 Å². The third-order valence-electron chi connectivity index (χ3n) is 2.85. The number of rotatable bonds is 4. The molecule has 128 valence electrons. The topological polar surface area (TPSA) is 142 Å². The van der Waals surface area contributed by atoms with E-state index in [1.807, 2.05) is 19.4 Å². The van der Waals surface area contributed by atoms with Gasteiger partial charge in [-0.2, -0.15) is 4.57 Å². The average molecular weight is 386 g/mol. The fourth-order valence-corrected chi connectivity index (χ4v) is 2.75. The van der Waals surface area contributed by atoms with Gasteiger partial charge in [-0.25, -0.2) is 9.97 Å². The van der Waals surface area contributed by atoms with Crippen molar-refractivity contribution in [2.24, 2.45) is 0 Å². The third-order valence-corrected chi connectivity index (χ3v) is 4.00. The van der Waals surface area contributed by atoms with Gasteiger partial charge in [0, 0.05) is 26.1 Å². The molecule has 0 radical (unpaired) electrons. The predicted octanol–water partition coefficient (Wildman–Crippen LogP) is -5.62. The molecule has 0 fully saturated rings. The molecule has 0 bridgehead atoms. The first-order valence-corrected chi connectivity index (χ1v) is 7.19. The normalized spacial score (nSPS) is 9.12. The van der Waals surface area contributed by atoms with Crippen LogP contribution in [0.2, 0.25) is 0 Å². The van der Waals surface area contributed by atoms with Gasteiger partial charge in [-0.1, -0.05) is 11.3 Å². The van der Waals surface area contributed by atoms with E-state index in [2.05, 4.69) is 14.5 Å². The van der Waals surface area contributed by atoms with Crippen molar-refractivity contribution in [3.63, 3.8) is 0 Å². The monoisotopic (exact) mass is 385 g/mol. The Morgan fingerprint density at radius 3 is 2.50 bits per heavy atom. The van der Waals surface area contributed by atoms with Gasteiger partial charge in [0.2, 0.25) is 5.51 Å². The van der Waals surface area contributed by atoms with Crippen LogP contribution in [-0.2, 0) is 13.0 Å². The molecule has 0 amide bonds. The number of nitrogen functional groups attached to an aromatic ring is 1. The summed E-state index contributed by atoms with van der Waals surface area (Å²) in [4.78, 5) is 17.8. The van der Waals surface area contributed by atoms with Gasteiger partial charge in [-0.05, 0) is 6.92 Å². The Labute approximate surface area is 171 Å². The molecule has 3 N–H and O–H groups in total. The molecular weight excluding hydrogens is 369 g/mol. The Morgan fingerprint density at radius 2 is 2.00 bits per heavy atom. The van der Waals surface area contributed by atoms with Gasteiger partial charge in [0.25, 0.3) is 0 Å². The van der Waals surface area contributed by atoms with Gasteiger partial charge in [0.15, 0.2) is 12.2 Å². The second kappa shape index (κ2) is 12.3. The van der Waals surface area contributed by atoms with Gasteiger partial charge in [0.1, 0.15) is 11.6 Å². The summed E-state index contributed by atoms with van der Waals surface area (Å²) in [5.41, 5.74) is 10.0. The van der Waals surface area contributed by atoms with Gasteiger partial charge >= 0.3 is 29.6 Å². The van der Waals surface area contributed by atoms with Crippen molar-refractivity contribution in [1.29, 1.82) is 0 Å². The zero-order valence-electron chi connectivity index (χ0n) is 13.6. The van der Waals surface area contributed by atoms with Gasteiger partial charge in [-0.15, -0.1) is 0 Å². The number of aryl methyl sites for hydroxylation is 1. The molecule has 24 heavy (non-hydrogen) atoms. The Balaban J connectivity index is 0. The minimum atomic E-state index is -1.75. The van der Waals surface area contributed by atoms with Crippen LogP contribution in [0.4, 0.5) is 5.82 Å². The third kappa shape index (κ3) is 8.18. The number of nitrogens with two attached hydrogens (primary N) is 1. The molecule has 0 unspecified atom stereocenters. The van der Waals surface area contributed by atoms with E-state index in [1.165, 1.54) is 4.88 Å². The van der Waals surface area contributed by atoms with Crippen LogP contribution < -0.4 is 52.3 Å². The van der Waals surface area contributed by atoms with E-state index in [0.29, 0.717) is 24.6 Å². The van der Waals surface area contributed by atoms with Crippen LogP contribution in [0.25, 0.3) is 0 Å². The van der Waals surface area contributed by atoms with Crippen molar-refractivity contribution in [2.75, 3.05) is 12.3 Å². The zero-order chi connectivity index (χ0) is 16.7. The quantitative estimate of drug-likeness (QED) is 0.231. The van der Waals surface area contributed by atoms with Crippen molar-refractivity contribution in [3.05, 3.63) is 49.0 Å². The number of aliphatic hydroxyl groups is 1. The first-order valence-electron chi connectivity index (χ1n) is 6.32. The maximum Gasteiger partial charge on any atom is 1.00 e. The Hall–Kier alpha value is -1.04. The molecule has 0 aromatic carbocycles. The molecule has 2 aromatic rings. The molecule has 0 saturated heterocycles. The molecule has 9 nitrogen and oxygen atoms in total. The number of hydrogen-bond acceptors (Lipinski definition) is 8. The largest absolute Gasteiger partial charge is 1.00 e. The smallest absolute Gasteiger partial charge is 1.00 e. The summed E-state index contributed by atoms with van der Waals surface area (Å²) < 4.78 is 2.11. The van der Waals surface area contributed by atoms with Crippen LogP contribution in [0, 0.1) is 29.2 Å². The summed E-state index contributed by atoms with van der Waals surface area (Å²) in [6.07, 6.45) is 2.47. The molecule has 2 rings (SSSR count). The van der Waals surface area contributed by atoms with E-state index >= 15 is 0 Å². The molecule has 0 atom stereocenters. The van der Waals surface area contributed by atoms with Crippen LogP contribution in [0.15, 0.2) is 11.7 Å². The first kappa shape index (κ1) is 25.2. The number of hydrogen-bond donors (Lipinski definition) is 2. The average Bonchev–Trinajstić information content (AvgIpc) is 2.75. The second-order valence-electron chi connectivity index (χ2n) is 4.38. The summed E-state index contributed by atoms with van der Waals surface area (Å²) in [6.45, 7) is 4.71. The fraction of sp³-hybridized carbons (Fsp3) is 0.417. The van der Waals surface area contributed by atoms with E-state index in [0.717, 1.165) is 11.3 Å². The number of thiazole rings is 1. The molecule has 0 spiro atoms. The molecule has 0 aliphatic heterocycles. The summed E-state index contributed by atoms with van der Waals surface area (Å²) in [5.74, 6) is 1.22. The van der Waals surface area contributed by atoms with Crippen LogP contribution in [-0.4, -0.2) is 26.8 Å².